The van der Waals surface area contributed by atoms with Crippen molar-refractivity contribution in [2.45, 2.75) is 50.7 Å². The van der Waals surface area contributed by atoms with E-state index in [4.69, 9.17) is 23.7 Å². The van der Waals surface area contributed by atoms with Crippen LogP contribution in [0.1, 0.15) is 52.4 Å². The number of hydrogen-bond donors (Lipinski definition) is 0. The van der Waals surface area contributed by atoms with Gasteiger partial charge in [0.25, 0.3) is 0 Å². The van der Waals surface area contributed by atoms with Gasteiger partial charge < -0.3 is 38.1 Å². The molecule has 4 unspecified atom stereocenters. The number of fused-ring (bicyclic) bond motifs is 2. The zero-order valence-electron chi connectivity index (χ0n) is 29.4. The minimum Gasteiger partial charge on any atom is -0.544 e. The quantitative estimate of drug-likeness (QED) is 0.239. The molecule has 262 valence electrons. The predicted octanol–water partition coefficient (Wildman–Crippen LogP) is 5.95. The fourth-order valence-electron chi connectivity index (χ4n) is 7.97. The molecule has 0 radical (unpaired) electrons. The summed E-state index contributed by atoms with van der Waals surface area (Å²) < 4.78 is 47.0. The van der Waals surface area contributed by atoms with E-state index >= 15 is 4.39 Å². The largest absolute Gasteiger partial charge is 0.544 e. The van der Waals surface area contributed by atoms with Gasteiger partial charge in [0.2, 0.25) is 5.82 Å². The Bertz CT molecular complexity index is 1950. The average Bonchev–Trinajstić information content (AvgIpc) is 3.11. The van der Waals surface area contributed by atoms with Crippen LogP contribution in [0.25, 0.3) is 0 Å². The Kier molecular flexibility index (Phi) is 8.86. The van der Waals surface area contributed by atoms with Crippen molar-refractivity contribution >= 4 is 5.97 Å². The lowest BCUT2D eigenvalue weighted by atomic mass is 9.85. The molecule has 4 heterocycles. The summed E-state index contributed by atoms with van der Waals surface area (Å²) in [5.41, 5.74) is 5.64. The number of benzene rings is 4. The molecule has 0 aromatic heterocycles. The summed E-state index contributed by atoms with van der Waals surface area (Å²) in [5.74, 6) is 1.11. The second-order valence-corrected chi connectivity index (χ2v) is 13.8. The van der Waals surface area contributed by atoms with Crippen LogP contribution >= 0.6 is 0 Å². The Morgan fingerprint density at radius 2 is 1.56 bits per heavy atom. The monoisotopic (exact) mass is 682 g/mol. The third-order valence-electron chi connectivity index (χ3n) is 11.2. The van der Waals surface area contributed by atoms with E-state index in [1.807, 2.05) is 68.7 Å². The van der Waals surface area contributed by atoms with E-state index in [9.17, 15) is 9.90 Å². The topological polar surface area (TPSA) is 89.5 Å². The lowest BCUT2D eigenvalue weighted by Crippen LogP contribution is -2.62. The third-order valence-corrected chi connectivity index (χ3v) is 11.2. The third kappa shape index (κ3) is 5.80. The summed E-state index contributed by atoms with van der Waals surface area (Å²) in [7, 11) is 8.65. The predicted molar refractivity (Wildman–Crippen MR) is 184 cm³/mol. The van der Waals surface area contributed by atoms with Crippen molar-refractivity contribution in [3.05, 3.63) is 99.9 Å². The van der Waals surface area contributed by atoms with Gasteiger partial charge in [0, 0.05) is 36.6 Å². The summed E-state index contributed by atoms with van der Waals surface area (Å²) in [5, 5.41) is 12.4. The summed E-state index contributed by atoms with van der Waals surface area (Å²) in [6.07, 6.45) is 2.38. The number of carbonyl (C=O) groups excluding carboxylic acids is 1. The van der Waals surface area contributed by atoms with Crippen LogP contribution in [0.3, 0.4) is 0 Å². The molecule has 0 aliphatic carbocycles. The number of likely N-dealkylation sites (N-methyl/N-ethyl adjacent to an activating group) is 2. The first-order valence-corrected chi connectivity index (χ1v) is 17.0. The number of quaternary nitrogens is 1. The van der Waals surface area contributed by atoms with Gasteiger partial charge in [-0.25, -0.2) is 0 Å². The Morgan fingerprint density at radius 1 is 0.880 bits per heavy atom. The fourth-order valence-corrected chi connectivity index (χ4v) is 7.97. The van der Waals surface area contributed by atoms with Gasteiger partial charge in [-0.05, 0) is 91.5 Å². The second kappa shape index (κ2) is 13.2. The molecule has 4 aromatic carbocycles. The van der Waals surface area contributed by atoms with Crippen molar-refractivity contribution in [2.75, 3.05) is 48.5 Å². The second-order valence-electron chi connectivity index (χ2n) is 13.8. The van der Waals surface area contributed by atoms with Gasteiger partial charge in [0.1, 0.15) is 17.8 Å². The number of rotatable bonds is 5. The maximum atomic E-state index is 16.6. The van der Waals surface area contributed by atoms with Crippen LogP contribution in [0.5, 0.6) is 40.2 Å². The zero-order chi connectivity index (χ0) is 35.3. The van der Waals surface area contributed by atoms with Crippen molar-refractivity contribution in [2.24, 2.45) is 0 Å². The molecule has 9 nitrogen and oxygen atoms in total. The van der Waals surface area contributed by atoms with E-state index < -0.39 is 17.8 Å². The molecule has 0 spiro atoms. The molecule has 0 saturated heterocycles. The molecule has 0 amide bonds. The van der Waals surface area contributed by atoms with Gasteiger partial charge in [-0.3, -0.25) is 4.90 Å². The Morgan fingerprint density at radius 3 is 2.26 bits per heavy atom. The average molecular weight is 683 g/mol. The maximum Gasteiger partial charge on any atom is 0.207 e. The van der Waals surface area contributed by atoms with Crippen LogP contribution in [0.4, 0.5) is 4.39 Å². The summed E-state index contributed by atoms with van der Waals surface area (Å²) >= 11 is 0. The van der Waals surface area contributed by atoms with Gasteiger partial charge >= 0.3 is 0 Å². The van der Waals surface area contributed by atoms with Crippen LogP contribution in [0.15, 0.2) is 60.7 Å². The highest BCUT2D eigenvalue weighted by atomic mass is 19.1. The van der Waals surface area contributed by atoms with Gasteiger partial charge in [-0.15, -0.1) is 0 Å². The van der Waals surface area contributed by atoms with Crippen LogP contribution in [0.2, 0.25) is 0 Å². The molecule has 0 saturated carbocycles. The number of methoxy groups -OCH3 is 3. The first-order chi connectivity index (χ1) is 24.0. The number of carboxylic acid groups (broad SMARTS) is 1. The minimum absolute atomic E-state index is 0.0859. The van der Waals surface area contributed by atoms with Crippen molar-refractivity contribution in [1.29, 1.82) is 0 Å². The lowest BCUT2D eigenvalue weighted by molar-refractivity contribution is -0.956. The molecular formula is C40H43FN2O7. The molecule has 4 aliphatic heterocycles. The summed E-state index contributed by atoms with van der Waals surface area (Å²) in [6, 6.07) is 18.1. The molecule has 4 aromatic rings. The smallest absolute Gasteiger partial charge is 0.207 e. The highest BCUT2D eigenvalue weighted by molar-refractivity contribution is 5.69. The van der Waals surface area contributed by atoms with Gasteiger partial charge in [0.15, 0.2) is 34.5 Å². The molecule has 4 atom stereocenters. The molecule has 4 aliphatic rings. The van der Waals surface area contributed by atoms with E-state index in [0.29, 0.717) is 61.0 Å². The van der Waals surface area contributed by atoms with Gasteiger partial charge in [0.05, 0.1) is 40.9 Å². The SMILES string of the molecule is COc1ccc2cc1Oc1ccc(cc1)CC1c3cc(c(OC)cc3CC[N+]1(C)C(C)C(=O)[O-])Oc1c(F)c(OC)cc3c1C(C2)N(C)CC3. The number of nitrogens with zero attached hydrogens (tertiary/aromatic N) is 2. The summed E-state index contributed by atoms with van der Waals surface area (Å²) in [4.78, 5) is 14.6. The fraction of sp³-hybridized carbons (Fsp3) is 0.375. The van der Waals surface area contributed by atoms with Crippen LogP contribution in [-0.4, -0.2) is 69.9 Å². The summed E-state index contributed by atoms with van der Waals surface area (Å²) in [6.45, 7) is 3.05. The molecule has 10 heteroatoms. The van der Waals surface area contributed by atoms with Crippen LogP contribution < -0.4 is 28.8 Å². The van der Waals surface area contributed by atoms with Gasteiger partial charge in [-0.1, -0.05) is 18.2 Å². The van der Waals surface area contributed by atoms with Crippen LogP contribution in [0, 0.1) is 5.82 Å². The maximum absolute atomic E-state index is 16.6. The van der Waals surface area contributed by atoms with E-state index in [2.05, 4.69) is 4.90 Å². The lowest BCUT2D eigenvalue weighted by Gasteiger charge is -2.50. The highest BCUT2D eigenvalue weighted by Gasteiger charge is 2.44. The Hall–Kier alpha value is -4.80. The molecule has 0 N–H and O–H groups in total. The van der Waals surface area contributed by atoms with E-state index in [1.54, 1.807) is 27.2 Å². The van der Waals surface area contributed by atoms with Crippen molar-refractivity contribution in [3.63, 3.8) is 0 Å². The highest BCUT2D eigenvalue weighted by Crippen LogP contribution is 2.49. The zero-order valence-corrected chi connectivity index (χ0v) is 29.4. The number of hydrogen-bond acceptors (Lipinski definition) is 8. The normalized spacial score (nSPS) is 21.8. The first kappa shape index (κ1) is 33.7. The Balaban J connectivity index is 1.48. The minimum atomic E-state index is -1.11. The Labute approximate surface area is 292 Å². The van der Waals surface area contributed by atoms with E-state index in [-0.39, 0.29) is 28.1 Å². The number of aliphatic carboxylic acids is 1. The molecule has 8 rings (SSSR count). The number of halogens is 1. The molecular weight excluding hydrogens is 639 g/mol. The standard InChI is InChI=1S/C40H43FN2O7/c1-23(40(44)45)43(3)16-14-26-20-33(47-5)35-22-29(26)31(43)18-24-7-10-28(11-8-24)49-34-19-25(9-12-32(34)46-4)17-30-37-27(13-15-42(30)2)21-36(48-6)38(41)39(37)50-35/h7-12,19-23,30-31H,13-18H2,1-6H3. The number of carbonyl (C=O) groups is 1. The van der Waals surface area contributed by atoms with Crippen molar-refractivity contribution < 1.29 is 42.5 Å². The first-order valence-electron chi connectivity index (χ1n) is 17.0. The van der Waals surface area contributed by atoms with Gasteiger partial charge in [-0.2, -0.15) is 4.39 Å². The van der Waals surface area contributed by atoms with Crippen LogP contribution in [-0.2, 0) is 30.5 Å². The van der Waals surface area contributed by atoms with Crippen molar-refractivity contribution in [1.82, 2.24) is 4.90 Å². The van der Waals surface area contributed by atoms with E-state index in [0.717, 1.165) is 39.9 Å². The van der Waals surface area contributed by atoms with E-state index in [1.165, 1.54) is 7.11 Å². The molecule has 6 bridgehead atoms. The molecule has 0 fully saturated rings. The number of ether oxygens (including phenoxy) is 5. The number of carboxylic acids is 1. The van der Waals surface area contributed by atoms with Crippen molar-refractivity contribution in [3.8, 4) is 40.2 Å². The molecule has 50 heavy (non-hydrogen) atoms.